The summed E-state index contributed by atoms with van der Waals surface area (Å²) in [5.41, 5.74) is 7.30. The summed E-state index contributed by atoms with van der Waals surface area (Å²) in [4.78, 5) is 31.3. The lowest BCUT2D eigenvalue weighted by molar-refractivity contribution is 0.103. The predicted molar refractivity (Wildman–Crippen MR) is 125 cm³/mol. The fraction of sp³-hybridized carbons (Fsp3) is 0.222. The number of benzene rings is 2. The van der Waals surface area contributed by atoms with E-state index in [4.69, 9.17) is 0 Å². The van der Waals surface area contributed by atoms with E-state index in [0.29, 0.717) is 23.1 Å². The molecule has 0 N–H and O–H groups in total. The molecule has 0 saturated heterocycles. The van der Waals surface area contributed by atoms with Crippen LogP contribution in [-0.2, 0) is 6.54 Å². The summed E-state index contributed by atoms with van der Waals surface area (Å²) in [7, 11) is 0. The van der Waals surface area contributed by atoms with Gasteiger partial charge in [-0.1, -0.05) is 47.5 Å². The second-order valence-corrected chi connectivity index (χ2v) is 8.40. The van der Waals surface area contributed by atoms with Crippen LogP contribution in [0, 0.1) is 34.6 Å². The molecule has 0 aliphatic carbocycles. The minimum atomic E-state index is -0.273. The number of aryl methyl sites for hydroxylation is 5. The summed E-state index contributed by atoms with van der Waals surface area (Å²) in [6.07, 6.45) is 1.68. The summed E-state index contributed by atoms with van der Waals surface area (Å²) < 4.78 is 1.93. The van der Waals surface area contributed by atoms with Crippen molar-refractivity contribution in [3.63, 3.8) is 0 Å². The first-order chi connectivity index (χ1) is 14.7. The van der Waals surface area contributed by atoms with Gasteiger partial charge in [-0.3, -0.25) is 9.59 Å². The van der Waals surface area contributed by atoms with Gasteiger partial charge in [-0.15, -0.1) is 0 Å². The molecular weight excluding hydrogens is 384 g/mol. The number of nitrogens with zero attached hydrogens (tertiary/aromatic N) is 2. The molecule has 4 heteroatoms. The summed E-state index contributed by atoms with van der Waals surface area (Å²) in [6, 6.07) is 15.6. The highest BCUT2D eigenvalue weighted by molar-refractivity contribution is 6.10. The molecule has 0 aliphatic heterocycles. The van der Waals surface area contributed by atoms with Crippen molar-refractivity contribution in [2.75, 3.05) is 0 Å². The Bertz CT molecular complexity index is 1400. The van der Waals surface area contributed by atoms with Crippen LogP contribution in [0.5, 0.6) is 0 Å². The van der Waals surface area contributed by atoms with Gasteiger partial charge in [0.1, 0.15) is 5.65 Å². The molecule has 0 bridgehead atoms. The van der Waals surface area contributed by atoms with Crippen LogP contribution >= 0.6 is 0 Å². The minimum Gasteiger partial charge on any atom is -0.327 e. The Balaban J connectivity index is 1.94. The van der Waals surface area contributed by atoms with Gasteiger partial charge in [0.2, 0.25) is 5.43 Å². The number of hydrogen-bond donors (Lipinski definition) is 0. The zero-order valence-corrected chi connectivity index (χ0v) is 18.6. The lowest BCUT2D eigenvalue weighted by atomic mass is 9.97. The Hall–Kier alpha value is -3.53. The Morgan fingerprint density at radius 1 is 0.839 bits per heavy atom. The highest BCUT2D eigenvalue weighted by Crippen LogP contribution is 2.19. The van der Waals surface area contributed by atoms with Crippen LogP contribution in [0.15, 0.2) is 59.5 Å². The lowest BCUT2D eigenvalue weighted by Gasteiger charge is -2.15. The molecule has 0 unspecified atom stereocenters. The van der Waals surface area contributed by atoms with E-state index in [1.54, 1.807) is 18.3 Å². The third kappa shape index (κ3) is 3.93. The van der Waals surface area contributed by atoms with E-state index >= 15 is 0 Å². The normalized spacial score (nSPS) is 11.1. The SMILES string of the molecule is Cc1ccc(C(=O)c2cn(Cc3cc(C)ccc3C)c3nc(C)ccc3c2=O)c(C)c1. The van der Waals surface area contributed by atoms with E-state index in [0.717, 1.165) is 27.9 Å². The average molecular weight is 411 g/mol. The maximum Gasteiger partial charge on any atom is 0.202 e. The van der Waals surface area contributed by atoms with Gasteiger partial charge in [-0.2, -0.15) is 0 Å². The summed E-state index contributed by atoms with van der Waals surface area (Å²) in [5.74, 6) is -0.250. The molecule has 4 nitrogen and oxygen atoms in total. The number of pyridine rings is 2. The van der Waals surface area contributed by atoms with Crippen LogP contribution in [0.1, 0.15) is 49.4 Å². The second kappa shape index (κ2) is 7.95. The molecule has 0 amide bonds. The molecule has 0 spiro atoms. The quantitative estimate of drug-likeness (QED) is 0.434. The number of carbonyl (C=O) groups excluding carboxylic acids is 1. The Morgan fingerprint density at radius 3 is 2.29 bits per heavy atom. The maximum absolute atomic E-state index is 13.4. The molecule has 0 fully saturated rings. The molecule has 4 aromatic rings. The second-order valence-electron chi connectivity index (χ2n) is 8.40. The largest absolute Gasteiger partial charge is 0.327 e. The molecule has 156 valence electrons. The van der Waals surface area contributed by atoms with Crippen molar-refractivity contribution >= 4 is 16.8 Å². The van der Waals surface area contributed by atoms with E-state index < -0.39 is 0 Å². The number of carbonyl (C=O) groups is 1. The van der Waals surface area contributed by atoms with Crippen molar-refractivity contribution in [3.8, 4) is 0 Å². The van der Waals surface area contributed by atoms with Crippen LogP contribution < -0.4 is 5.43 Å². The van der Waals surface area contributed by atoms with Gasteiger partial charge in [0, 0.05) is 24.0 Å². The van der Waals surface area contributed by atoms with Gasteiger partial charge in [0.15, 0.2) is 5.78 Å². The molecule has 0 saturated carbocycles. The van der Waals surface area contributed by atoms with Crippen LogP contribution in [0.25, 0.3) is 11.0 Å². The van der Waals surface area contributed by atoms with E-state index in [2.05, 4.69) is 37.0 Å². The Kier molecular flexibility index (Phi) is 5.32. The summed E-state index contributed by atoms with van der Waals surface area (Å²) in [6.45, 7) is 10.5. The molecule has 31 heavy (non-hydrogen) atoms. The average Bonchev–Trinajstić information content (AvgIpc) is 2.72. The molecule has 4 rings (SSSR count). The molecule has 2 heterocycles. The van der Waals surface area contributed by atoms with Crippen LogP contribution in [0.4, 0.5) is 0 Å². The third-order valence-corrected chi connectivity index (χ3v) is 5.78. The smallest absolute Gasteiger partial charge is 0.202 e. The standard InChI is InChI=1S/C27H26N2O2/c1-16-7-10-22(19(4)12-16)25(30)24-15-29(14-21-13-17(2)6-8-18(21)3)27-23(26(24)31)11-9-20(5)28-27/h6-13,15H,14H2,1-5H3. The van der Waals surface area contributed by atoms with Crippen molar-refractivity contribution in [1.82, 2.24) is 9.55 Å². The minimum absolute atomic E-state index is 0.176. The first-order valence-electron chi connectivity index (χ1n) is 10.4. The van der Waals surface area contributed by atoms with Gasteiger partial charge in [-0.25, -0.2) is 4.98 Å². The summed E-state index contributed by atoms with van der Waals surface area (Å²) in [5, 5.41) is 0.464. The predicted octanol–water partition coefficient (Wildman–Crippen LogP) is 5.22. The van der Waals surface area contributed by atoms with Crippen LogP contribution in [0.3, 0.4) is 0 Å². The van der Waals surface area contributed by atoms with Crippen molar-refractivity contribution in [2.45, 2.75) is 41.2 Å². The maximum atomic E-state index is 13.4. The molecular formula is C27H26N2O2. The molecule has 0 radical (unpaired) electrons. The van der Waals surface area contributed by atoms with Crippen LogP contribution in [-0.4, -0.2) is 15.3 Å². The molecule has 2 aromatic carbocycles. The van der Waals surface area contributed by atoms with E-state index in [1.807, 2.05) is 43.5 Å². The van der Waals surface area contributed by atoms with Crippen molar-refractivity contribution in [3.05, 3.63) is 110 Å². The highest BCUT2D eigenvalue weighted by atomic mass is 16.1. The van der Waals surface area contributed by atoms with Crippen LogP contribution in [0.2, 0.25) is 0 Å². The van der Waals surface area contributed by atoms with E-state index in [1.165, 1.54) is 5.56 Å². The monoisotopic (exact) mass is 410 g/mol. The van der Waals surface area contributed by atoms with E-state index in [-0.39, 0.29) is 16.8 Å². The van der Waals surface area contributed by atoms with Gasteiger partial charge in [0.05, 0.1) is 10.9 Å². The number of rotatable bonds is 4. The van der Waals surface area contributed by atoms with Gasteiger partial charge < -0.3 is 4.57 Å². The number of ketones is 1. The van der Waals surface area contributed by atoms with Gasteiger partial charge >= 0.3 is 0 Å². The third-order valence-electron chi connectivity index (χ3n) is 5.78. The summed E-state index contributed by atoms with van der Waals surface area (Å²) >= 11 is 0. The van der Waals surface area contributed by atoms with Gasteiger partial charge in [0.25, 0.3) is 0 Å². The van der Waals surface area contributed by atoms with Gasteiger partial charge in [-0.05, 0) is 63.4 Å². The number of aromatic nitrogens is 2. The lowest BCUT2D eigenvalue weighted by Crippen LogP contribution is -2.21. The first-order valence-corrected chi connectivity index (χ1v) is 10.4. The highest BCUT2D eigenvalue weighted by Gasteiger charge is 2.19. The topological polar surface area (TPSA) is 52.0 Å². The molecule has 0 aliphatic rings. The zero-order valence-electron chi connectivity index (χ0n) is 18.6. The molecule has 0 atom stereocenters. The first kappa shape index (κ1) is 20.7. The van der Waals surface area contributed by atoms with Crippen molar-refractivity contribution in [2.24, 2.45) is 0 Å². The zero-order chi connectivity index (χ0) is 22.3. The number of hydrogen-bond acceptors (Lipinski definition) is 3. The number of fused-ring (bicyclic) bond motifs is 1. The van der Waals surface area contributed by atoms with E-state index in [9.17, 15) is 9.59 Å². The van der Waals surface area contributed by atoms with Crippen molar-refractivity contribution < 1.29 is 4.79 Å². The fourth-order valence-corrected chi connectivity index (χ4v) is 4.01. The van der Waals surface area contributed by atoms with Crippen molar-refractivity contribution in [1.29, 1.82) is 0 Å². The Labute approximate surface area is 182 Å². The molecule has 2 aromatic heterocycles. The fourth-order valence-electron chi connectivity index (χ4n) is 4.01. The Morgan fingerprint density at radius 2 is 1.55 bits per heavy atom.